The van der Waals surface area contributed by atoms with Crippen molar-refractivity contribution in [2.75, 3.05) is 11.9 Å². The highest BCUT2D eigenvalue weighted by atomic mass is 15.0. The summed E-state index contributed by atoms with van der Waals surface area (Å²) in [6, 6.07) is 11.7. The Kier molecular flexibility index (Phi) is 4.23. The van der Waals surface area contributed by atoms with Crippen LogP contribution in [0.5, 0.6) is 0 Å². The van der Waals surface area contributed by atoms with Crippen molar-refractivity contribution in [3.8, 4) is 0 Å². The molecule has 0 radical (unpaired) electrons. The largest absolute Gasteiger partial charge is 0.383 e. The number of piperidine rings is 1. The molecule has 2 N–H and O–H groups in total. The smallest absolute Gasteiger partial charge is 0.0342 e. The van der Waals surface area contributed by atoms with Gasteiger partial charge in [-0.3, -0.25) is 0 Å². The molecule has 1 aliphatic rings. The Morgan fingerprint density at radius 1 is 1.31 bits per heavy atom. The summed E-state index contributed by atoms with van der Waals surface area (Å²) in [6.07, 6.45) is 5.28. The van der Waals surface area contributed by atoms with E-state index < -0.39 is 0 Å². The molecule has 0 bridgehead atoms. The summed E-state index contributed by atoms with van der Waals surface area (Å²) in [5, 5.41) is 7.14. The van der Waals surface area contributed by atoms with Gasteiger partial charge in [0.25, 0.3) is 0 Å². The Balaban J connectivity index is 1.77. The molecule has 0 aromatic heterocycles. The van der Waals surface area contributed by atoms with E-state index in [0.29, 0.717) is 12.1 Å². The third kappa shape index (κ3) is 3.53. The molecule has 2 atom stereocenters. The van der Waals surface area contributed by atoms with Crippen molar-refractivity contribution < 1.29 is 0 Å². The Morgan fingerprint density at radius 3 is 2.81 bits per heavy atom. The molecular weight excluding hydrogens is 196 g/mol. The van der Waals surface area contributed by atoms with Gasteiger partial charge in [0, 0.05) is 17.8 Å². The standard InChI is InChI=1S/C14H22N2/c1-12(11-14-9-5-6-10-15-14)16-13-7-3-2-4-8-13/h2-4,7-8,12,14-16H,5-6,9-11H2,1H3. The molecule has 2 rings (SSSR count). The van der Waals surface area contributed by atoms with Crippen LogP contribution in [0.3, 0.4) is 0 Å². The number of benzene rings is 1. The SMILES string of the molecule is CC(CC1CCCCN1)Nc1ccccc1. The van der Waals surface area contributed by atoms with E-state index in [1.807, 2.05) is 0 Å². The van der Waals surface area contributed by atoms with Gasteiger partial charge < -0.3 is 10.6 Å². The van der Waals surface area contributed by atoms with Crippen molar-refractivity contribution in [1.82, 2.24) is 5.32 Å². The highest BCUT2D eigenvalue weighted by Crippen LogP contribution is 2.15. The summed E-state index contributed by atoms with van der Waals surface area (Å²) in [5.41, 5.74) is 1.23. The molecule has 2 unspecified atom stereocenters. The Hall–Kier alpha value is -1.02. The number of hydrogen-bond donors (Lipinski definition) is 2. The highest BCUT2D eigenvalue weighted by Gasteiger charge is 2.15. The van der Waals surface area contributed by atoms with Crippen LogP contribution in [0, 0.1) is 0 Å². The molecule has 0 amide bonds. The summed E-state index contributed by atoms with van der Waals surface area (Å²) in [4.78, 5) is 0. The zero-order valence-corrected chi connectivity index (χ0v) is 10.1. The molecular formula is C14H22N2. The number of anilines is 1. The Labute approximate surface area is 98.4 Å². The van der Waals surface area contributed by atoms with Crippen molar-refractivity contribution in [3.05, 3.63) is 30.3 Å². The predicted octanol–water partition coefficient (Wildman–Crippen LogP) is 3.02. The number of rotatable bonds is 4. The molecule has 16 heavy (non-hydrogen) atoms. The summed E-state index contributed by atoms with van der Waals surface area (Å²) in [5.74, 6) is 0. The second-order valence-corrected chi connectivity index (χ2v) is 4.79. The van der Waals surface area contributed by atoms with Crippen LogP contribution in [0.15, 0.2) is 30.3 Å². The van der Waals surface area contributed by atoms with E-state index in [1.165, 1.54) is 37.9 Å². The maximum atomic E-state index is 3.60. The second kappa shape index (κ2) is 5.90. The Bertz CT molecular complexity index is 291. The van der Waals surface area contributed by atoms with Crippen LogP contribution >= 0.6 is 0 Å². The highest BCUT2D eigenvalue weighted by molar-refractivity contribution is 5.43. The third-order valence-corrected chi connectivity index (χ3v) is 3.24. The first-order valence-corrected chi connectivity index (χ1v) is 6.39. The molecule has 88 valence electrons. The van der Waals surface area contributed by atoms with Gasteiger partial charge in [-0.05, 0) is 44.9 Å². The van der Waals surface area contributed by atoms with Crippen molar-refractivity contribution >= 4 is 5.69 Å². The van der Waals surface area contributed by atoms with E-state index in [2.05, 4.69) is 47.9 Å². The molecule has 1 aliphatic heterocycles. The van der Waals surface area contributed by atoms with Crippen molar-refractivity contribution in [2.24, 2.45) is 0 Å². The molecule has 1 heterocycles. The minimum absolute atomic E-state index is 0.540. The fraction of sp³-hybridized carbons (Fsp3) is 0.571. The summed E-state index contributed by atoms with van der Waals surface area (Å²) in [7, 11) is 0. The van der Waals surface area contributed by atoms with Gasteiger partial charge in [-0.2, -0.15) is 0 Å². The zero-order chi connectivity index (χ0) is 11.2. The van der Waals surface area contributed by atoms with Crippen LogP contribution in [-0.2, 0) is 0 Å². The van der Waals surface area contributed by atoms with E-state index in [4.69, 9.17) is 0 Å². The topological polar surface area (TPSA) is 24.1 Å². The molecule has 0 aliphatic carbocycles. The summed E-state index contributed by atoms with van der Waals surface area (Å²) in [6.45, 7) is 3.46. The summed E-state index contributed by atoms with van der Waals surface area (Å²) >= 11 is 0. The molecule has 1 saturated heterocycles. The van der Waals surface area contributed by atoms with Crippen molar-refractivity contribution in [3.63, 3.8) is 0 Å². The number of nitrogens with one attached hydrogen (secondary N) is 2. The lowest BCUT2D eigenvalue weighted by molar-refractivity contribution is 0.371. The lowest BCUT2D eigenvalue weighted by atomic mass is 9.99. The first-order chi connectivity index (χ1) is 7.84. The molecule has 1 fully saturated rings. The van der Waals surface area contributed by atoms with E-state index in [9.17, 15) is 0 Å². The average molecular weight is 218 g/mol. The number of hydrogen-bond acceptors (Lipinski definition) is 2. The lowest BCUT2D eigenvalue weighted by Crippen LogP contribution is -2.37. The monoisotopic (exact) mass is 218 g/mol. The molecule has 0 spiro atoms. The number of para-hydroxylation sites is 1. The fourth-order valence-corrected chi connectivity index (χ4v) is 2.43. The van der Waals surface area contributed by atoms with Gasteiger partial charge in [0.05, 0.1) is 0 Å². The fourth-order valence-electron chi connectivity index (χ4n) is 2.43. The van der Waals surface area contributed by atoms with Crippen molar-refractivity contribution in [1.29, 1.82) is 0 Å². The van der Waals surface area contributed by atoms with Gasteiger partial charge in [0.15, 0.2) is 0 Å². The van der Waals surface area contributed by atoms with E-state index >= 15 is 0 Å². The van der Waals surface area contributed by atoms with Gasteiger partial charge in [-0.25, -0.2) is 0 Å². The van der Waals surface area contributed by atoms with Crippen LogP contribution in [0.2, 0.25) is 0 Å². The quantitative estimate of drug-likeness (QED) is 0.811. The normalized spacial score (nSPS) is 22.7. The van der Waals surface area contributed by atoms with Crippen LogP contribution in [0.25, 0.3) is 0 Å². The maximum Gasteiger partial charge on any atom is 0.0342 e. The Morgan fingerprint density at radius 2 is 2.12 bits per heavy atom. The predicted molar refractivity (Wildman–Crippen MR) is 69.8 cm³/mol. The van der Waals surface area contributed by atoms with Gasteiger partial charge in [-0.15, -0.1) is 0 Å². The minimum Gasteiger partial charge on any atom is -0.383 e. The molecule has 1 aromatic carbocycles. The second-order valence-electron chi connectivity index (χ2n) is 4.79. The van der Waals surface area contributed by atoms with Gasteiger partial charge in [0.1, 0.15) is 0 Å². The lowest BCUT2D eigenvalue weighted by Gasteiger charge is -2.27. The first kappa shape index (κ1) is 11.5. The first-order valence-electron chi connectivity index (χ1n) is 6.39. The van der Waals surface area contributed by atoms with E-state index in [1.54, 1.807) is 0 Å². The van der Waals surface area contributed by atoms with Crippen LogP contribution < -0.4 is 10.6 Å². The van der Waals surface area contributed by atoms with E-state index in [-0.39, 0.29) is 0 Å². The average Bonchev–Trinajstić information content (AvgIpc) is 2.31. The van der Waals surface area contributed by atoms with Gasteiger partial charge in [-0.1, -0.05) is 24.6 Å². The summed E-state index contributed by atoms with van der Waals surface area (Å²) < 4.78 is 0. The maximum absolute atomic E-state index is 3.60. The van der Waals surface area contributed by atoms with E-state index in [0.717, 1.165) is 0 Å². The molecule has 1 aromatic rings. The minimum atomic E-state index is 0.540. The zero-order valence-electron chi connectivity index (χ0n) is 10.1. The molecule has 2 heteroatoms. The molecule has 2 nitrogen and oxygen atoms in total. The van der Waals surface area contributed by atoms with Gasteiger partial charge in [0.2, 0.25) is 0 Å². The van der Waals surface area contributed by atoms with Crippen LogP contribution in [-0.4, -0.2) is 18.6 Å². The molecule has 0 saturated carbocycles. The van der Waals surface area contributed by atoms with Crippen LogP contribution in [0.4, 0.5) is 5.69 Å². The van der Waals surface area contributed by atoms with Crippen LogP contribution in [0.1, 0.15) is 32.6 Å². The van der Waals surface area contributed by atoms with Crippen molar-refractivity contribution in [2.45, 2.75) is 44.7 Å². The third-order valence-electron chi connectivity index (χ3n) is 3.24. The van der Waals surface area contributed by atoms with Gasteiger partial charge >= 0.3 is 0 Å².